The van der Waals surface area contributed by atoms with Crippen LogP contribution in [0.25, 0.3) is 17.0 Å². The maximum Gasteiger partial charge on any atom is 0.293 e. The fourth-order valence-corrected chi connectivity index (χ4v) is 5.70. The van der Waals surface area contributed by atoms with Crippen LogP contribution in [0.2, 0.25) is 10.0 Å². The lowest BCUT2D eigenvalue weighted by atomic mass is 10.1. The number of thioether (sulfide) groups is 1. The average Bonchev–Trinajstić information content (AvgIpc) is 3.34. The van der Waals surface area contributed by atoms with E-state index >= 15 is 0 Å². The van der Waals surface area contributed by atoms with Gasteiger partial charge in [-0.2, -0.15) is 0 Å². The second-order valence-electron chi connectivity index (χ2n) is 8.47. The van der Waals surface area contributed by atoms with E-state index in [2.05, 4.69) is 6.92 Å². The summed E-state index contributed by atoms with van der Waals surface area (Å²) in [5.41, 5.74) is 4.12. The van der Waals surface area contributed by atoms with Crippen molar-refractivity contribution in [3.05, 3.63) is 110 Å². The molecule has 4 aromatic rings. The van der Waals surface area contributed by atoms with Gasteiger partial charge in [0.15, 0.2) is 0 Å². The molecule has 4 nitrogen and oxygen atoms in total. The second-order valence-corrected chi connectivity index (χ2v) is 10.3. The number of carbonyl (C=O) groups is 2. The molecule has 3 aromatic carbocycles. The lowest BCUT2D eigenvalue weighted by Gasteiger charge is -2.13. The molecule has 0 atom stereocenters. The molecule has 1 aliphatic heterocycles. The maximum atomic E-state index is 14.4. The highest BCUT2D eigenvalue weighted by molar-refractivity contribution is 8.18. The topological polar surface area (TPSA) is 42.3 Å². The van der Waals surface area contributed by atoms with Crippen LogP contribution >= 0.6 is 35.0 Å². The van der Waals surface area contributed by atoms with Crippen LogP contribution < -0.4 is 0 Å². The molecular formula is C28H21Cl2FN2O2S. The van der Waals surface area contributed by atoms with Crippen LogP contribution in [0.1, 0.15) is 29.2 Å². The van der Waals surface area contributed by atoms with Gasteiger partial charge in [0.2, 0.25) is 0 Å². The number of benzene rings is 3. The number of aromatic nitrogens is 1. The number of carbonyl (C=O) groups excluding carboxylic acids is 2. The Morgan fingerprint density at radius 1 is 0.944 bits per heavy atom. The van der Waals surface area contributed by atoms with E-state index in [0.717, 1.165) is 40.2 Å². The molecule has 1 aliphatic rings. The molecule has 1 aromatic heterocycles. The van der Waals surface area contributed by atoms with Crippen LogP contribution in [-0.2, 0) is 24.3 Å². The Bertz CT molecular complexity index is 1550. The number of para-hydroxylation sites is 1. The smallest absolute Gasteiger partial charge is 0.293 e. The van der Waals surface area contributed by atoms with E-state index in [1.165, 1.54) is 11.0 Å². The first-order valence-corrected chi connectivity index (χ1v) is 13.0. The molecular weight excluding hydrogens is 518 g/mol. The molecule has 182 valence electrons. The molecule has 0 saturated carbocycles. The minimum absolute atomic E-state index is 0.0625. The predicted octanol–water partition coefficient (Wildman–Crippen LogP) is 7.93. The van der Waals surface area contributed by atoms with Gasteiger partial charge in [-0.1, -0.05) is 72.6 Å². The molecule has 5 rings (SSSR count). The zero-order chi connectivity index (χ0) is 25.4. The fourth-order valence-electron chi connectivity index (χ4n) is 4.40. The van der Waals surface area contributed by atoms with Gasteiger partial charge in [-0.3, -0.25) is 14.5 Å². The molecule has 1 fully saturated rings. The Morgan fingerprint density at radius 3 is 2.47 bits per heavy atom. The molecule has 36 heavy (non-hydrogen) atoms. The van der Waals surface area contributed by atoms with E-state index in [9.17, 15) is 14.0 Å². The van der Waals surface area contributed by atoms with Crippen LogP contribution in [0.15, 0.2) is 71.8 Å². The van der Waals surface area contributed by atoms with Gasteiger partial charge in [-0.05, 0) is 53.6 Å². The third-order valence-electron chi connectivity index (χ3n) is 6.20. The molecule has 0 spiro atoms. The van der Waals surface area contributed by atoms with Gasteiger partial charge in [0.05, 0.1) is 23.5 Å². The van der Waals surface area contributed by atoms with Gasteiger partial charge in [-0.25, -0.2) is 4.39 Å². The molecule has 2 amide bonds. The van der Waals surface area contributed by atoms with E-state index in [1.807, 2.05) is 35.0 Å². The first-order valence-electron chi connectivity index (χ1n) is 11.4. The molecule has 0 bridgehead atoms. The van der Waals surface area contributed by atoms with Crippen LogP contribution in [0.5, 0.6) is 0 Å². The average molecular weight is 539 g/mol. The number of hydrogen-bond donors (Lipinski definition) is 0. The van der Waals surface area contributed by atoms with Crippen LogP contribution in [0, 0.1) is 5.82 Å². The maximum absolute atomic E-state index is 14.4. The van der Waals surface area contributed by atoms with Gasteiger partial charge in [0.25, 0.3) is 11.1 Å². The largest absolute Gasteiger partial charge is 0.342 e. The first kappa shape index (κ1) is 24.6. The van der Waals surface area contributed by atoms with E-state index in [1.54, 1.807) is 36.4 Å². The van der Waals surface area contributed by atoms with Crippen molar-refractivity contribution in [1.82, 2.24) is 9.47 Å². The highest BCUT2D eigenvalue weighted by Crippen LogP contribution is 2.36. The highest BCUT2D eigenvalue weighted by Gasteiger charge is 2.35. The minimum atomic E-state index is -0.377. The van der Waals surface area contributed by atoms with Crippen LogP contribution in [-0.4, -0.2) is 20.6 Å². The number of imide groups is 1. The lowest BCUT2D eigenvalue weighted by Crippen LogP contribution is -2.27. The summed E-state index contributed by atoms with van der Waals surface area (Å²) in [6, 6.07) is 17.7. The molecule has 2 heterocycles. The summed E-state index contributed by atoms with van der Waals surface area (Å²) < 4.78 is 16.4. The minimum Gasteiger partial charge on any atom is -0.342 e. The van der Waals surface area contributed by atoms with Gasteiger partial charge in [0.1, 0.15) is 5.82 Å². The molecule has 0 N–H and O–H groups in total. The van der Waals surface area contributed by atoms with Gasteiger partial charge < -0.3 is 4.57 Å². The number of hydrogen-bond acceptors (Lipinski definition) is 3. The Hall–Kier alpha value is -3.06. The van der Waals surface area contributed by atoms with Gasteiger partial charge >= 0.3 is 0 Å². The number of fused-ring (bicyclic) bond motifs is 1. The SMILES string of the molecule is CCc1cccc2c(/C=C3\SC(=O)N(Cc4ccc(Cl)cc4Cl)C3=O)cn(Cc3ccccc3F)c12. The second kappa shape index (κ2) is 10.1. The van der Waals surface area contributed by atoms with E-state index < -0.39 is 0 Å². The highest BCUT2D eigenvalue weighted by atomic mass is 35.5. The summed E-state index contributed by atoms with van der Waals surface area (Å²) in [5, 5.41) is 1.46. The number of halogens is 3. The predicted molar refractivity (Wildman–Crippen MR) is 145 cm³/mol. The summed E-state index contributed by atoms with van der Waals surface area (Å²) in [7, 11) is 0. The molecule has 0 aliphatic carbocycles. The number of amides is 2. The van der Waals surface area contributed by atoms with Crippen molar-refractivity contribution in [1.29, 1.82) is 0 Å². The Balaban J connectivity index is 1.52. The van der Waals surface area contributed by atoms with Crippen molar-refractivity contribution < 1.29 is 14.0 Å². The summed E-state index contributed by atoms with van der Waals surface area (Å²) in [6.45, 7) is 2.49. The lowest BCUT2D eigenvalue weighted by molar-refractivity contribution is -0.123. The Kier molecular flexibility index (Phi) is 6.93. The number of aryl methyl sites for hydroxylation is 1. The van der Waals surface area contributed by atoms with Crippen molar-refractivity contribution in [3.8, 4) is 0 Å². The van der Waals surface area contributed by atoms with E-state index in [0.29, 0.717) is 32.6 Å². The summed E-state index contributed by atoms with van der Waals surface area (Å²) >= 11 is 13.1. The molecule has 0 radical (unpaired) electrons. The number of nitrogens with zero attached hydrogens (tertiary/aromatic N) is 2. The van der Waals surface area contributed by atoms with E-state index in [-0.39, 0.29) is 23.5 Å². The number of rotatable bonds is 6. The van der Waals surface area contributed by atoms with Crippen molar-refractivity contribution in [2.75, 3.05) is 0 Å². The summed E-state index contributed by atoms with van der Waals surface area (Å²) in [4.78, 5) is 27.4. The molecule has 8 heteroatoms. The summed E-state index contributed by atoms with van der Waals surface area (Å²) in [6.07, 6.45) is 4.46. The monoisotopic (exact) mass is 538 g/mol. The van der Waals surface area contributed by atoms with Crippen LogP contribution in [0.4, 0.5) is 9.18 Å². The molecule has 0 unspecified atom stereocenters. The third kappa shape index (κ3) is 4.69. The zero-order valence-corrected chi connectivity index (χ0v) is 21.6. The first-order chi connectivity index (χ1) is 17.4. The summed E-state index contributed by atoms with van der Waals surface area (Å²) in [5.74, 6) is -0.644. The van der Waals surface area contributed by atoms with Crippen LogP contribution in [0.3, 0.4) is 0 Å². The van der Waals surface area contributed by atoms with Crippen molar-refractivity contribution >= 4 is 63.1 Å². The Morgan fingerprint density at radius 2 is 1.72 bits per heavy atom. The van der Waals surface area contributed by atoms with Crippen molar-refractivity contribution in [2.45, 2.75) is 26.4 Å². The fraction of sp³-hybridized carbons (Fsp3) is 0.143. The van der Waals surface area contributed by atoms with Gasteiger partial charge in [-0.15, -0.1) is 0 Å². The van der Waals surface area contributed by atoms with Crippen molar-refractivity contribution in [2.24, 2.45) is 0 Å². The quantitative estimate of drug-likeness (QED) is 0.234. The van der Waals surface area contributed by atoms with Gasteiger partial charge in [0, 0.05) is 32.8 Å². The van der Waals surface area contributed by atoms with Crippen molar-refractivity contribution in [3.63, 3.8) is 0 Å². The third-order valence-corrected chi connectivity index (χ3v) is 7.69. The normalized spacial score (nSPS) is 15.0. The molecule has 1 saturated heterocycles. The van der Waals surface area contributed by atoms with E-state index in [4.69, 9.17) is 23.2 Å². The Labute approximate surface area is 222 Å². The zero-order valence-electron chi connectivity index (χ0n) is 19.3. The standard InChI is InChI=1S/C28H21Cl2FN2O2S/c1-2-17-7-5-8-22-20(15-32(26(17)22)14-19-6-3-4-9-24(19)31)12-25-27(34)33(28(35)36-25)16-18-10-11-21(29)13-23(18)30/h3-13,15H,2,14,16H2,1H3/b25-12-.